The van der Waals surface area contributed by atoms with E-state index in [0.717, 1.165) is 35.0 Å². The molecule has 2 saturated carbocycles. The summed E-state index contributed by atoms with van der Waals surface area (Å²) >= 11 is 0. The van der Waals surface area contributed by atoms with E-state index in [4.69, 9.17) is 14.2 Å². The van der Waals surface area contributed by atoms with Gasteiger partial charge < -0.3 is 23.7 Å². The number of benzene rings is 3. The third kappa shape index (κ3) is 17.8. The molecule has 0 radical (unpaired) electrons. The van der Waals surface area contributed by atoms with Gasteiger partial charge in [0, 0.05) is 17.8 Å². The lowest BCUT2D eigenvalue weighted by atomic mass is 9.97. The van der Waals surface area contributed by atoms with Crippen LogP contribution in [0.2, 0.25) is 0 Å². The van der Waals surface area contributed by atoms with E-state index in [9.17, 15) is 24.0 Å². The van der Waals surface area contributed by atoms with Crippen LogP contribution in [0.5, 0.6) is 0 Å². The maximum Gasteiger partial charge on any atom is 0.331 e. The smallest absolute Gasteiger partial charge is 0.331 e. The molecule has 0 heterocycles. The van der Waals surface area contributed by atoms with Gasteiger partial charge in [-0.1, -0.05) is 123 Å². The number of allylic oxidation sites excluding steroid dienone is 1. The lowest BCUT2D eigenvalue weighted by molar-refractivity contribution is -0.157. The zero-order chi connectivity index (χ0) is 42.8. The predicted molar refractivity (Wildman–Crippen MR) is 233 cm³/mol. The first-order chi connectivity index (χ1) is 27.5. The predicted octanol–water partition coefficient (Wildman–Crippen LogP) is 8.15. The first-order valence-corrected chi connectivity index (χ1v) is 22.0. The van der Waals surface area contributed by atoms with E-state index in [1.165, 1.54) is 46.0 Å². The van der Waals surface area contributed by atoms with Crippen LogP contribution in [0.15, 0.2) is 103 Å². The average molecular weight is 815 g/mol. The van der Waals surface area contributed by atoms with Gasteiger partial charge in [-0.25, -0.2) is 9.59 Å². The second kappa shape index (κ2) is 23.0. The standard InChI is InChI=1S/C21H19O2P.C15H24O4.C12H20O3/c1-23-21(22)17-24(18-11-5-2-6-12-18,19-13-7-3-8-14-19)20-15-9-4-10-16-20;1-15(2,3)19-14(17)10-12(9-11-5-6-11)7-8-13(16)18-4;1-12(2,3)15-11(14)7-10(8-13)6-9-4-5-9/h2-17H,1H3;7-8,11-12H,5-6,9-10H2,1-4H3;8-10H,4-7H2,1-3H3/b;8-7+;/t;12-;10-/m.11/s1. The van der Waals surface area contributed by atoms with Gasteiger partial charge in [-0.15, -0.1) is 0 Å². The van der Waals surface area contributed by atoms with Crippen LogP contribution in [0.4, 0.5) is 0 Å². The minimum atomic E-state index is -2.23. The van der Waals surface area contributed by atoms with Crippen molar-refractivity contribution in [3.05, 3.63) is 103 Å². The van der Waals surface area contributed by atoms with Gasteiger partial charge in [-0.3, -0.25) is 9.59 Å². The van der Waals surface area contributed by atoms with E-state index in [2.05, 4.69) is 41.1 Å². The quantitative estimate of drug-likeness (QED) is 0.0492. The van der Waals surface area contributed by atoms with Crippen LogP contribution in [0.3, 0.4) is 0 Å². The molecule has 314 valence electrons. The van der Waals surface area contributed by atoms with Gasteiger partial charge in [-0.2, -0.15) is 0 Å². The van der Waals surface area contributed by atoms with E-state index in [0.29, 0.717) is 18.3 Å². The molecule has 0 unspecified atom stereocenters. The largest absolute Gasteiger partial charge is 0.466 e. The Morgan fingerprint density at radius 3 is 1.29 bits per heavy atom. The molecule has 2 fully saturated rings. The van der Waals surface area contributed by atoms with Crippen LogP contribution in [0, 0.1) is 23.7 Å². The van der Waals surface area contributed by atoms with E-state index in [-0.39, 0.29) is 42.1 Å². The molecule has 2 atom stereocenters. The Labute approximate surface area is 345 Å². The van der Waals surface area contributed by atoms with Crippen molar-refractivity contribution in [2.24, 2.45) is 23.7 Å². The summed E-state index contributed by atoms with van der Waals surface area (Å²) in [5.74, 6) is 1.87. The molecule has 0 amide bonds. The number of methoxy groups -OCH3 is 2. The second-order valence-electron chi connectivity index (χ2n) is 16.9. The molecule has 0 N–H and O–H groups in total. The van der Waals surface area contributed by atoms with Crippen molar-refractivity contribution in [2.45, 2.75) is 104 Å². The second-order valence-corrected chi connectivity index (χ2v) is 20.1. The fraction of sp³-hybridized carbons (Fsp3) is 0.458. The van der Waals surface area contributed by atoms with E-state index in [1.54, 1.807) is 11.9 Å². The van der Waals surface area contributed by atoms with E-state index < -0.39 is 18.1 Å². The Bertz CT molecular complexity index is 1730. The number of hydrogen-bond donors (Lipinski definition) is 0. The molecule has 0 bridgehead atoms. The highest BCUT2D eigenvalue weighted by molar-refractivity contribution is 7.95. The van der Waals surface area contributed by atoms with Gasteiger partial charge in [0.05, 0.1) is 27.1 Å². The third-order valence-corrected chi connectivity index (χ3v) is 13.2. The number of rotatable bonds is 15. The van der Waals surface area contributed by atoms with Gasteiger partial charge in [0.1, 0.15) is 17.5 Å². The average Bonchev–Trinajstić information content (AvgIpc) is 4.13. The molecule has 3 aromatic carbocycles. The summed E-state index contributed by atoms with van der Waals surface area (Å²) in [6.07, 6.45) is 11.3. The molecule has 9 nitrogen and oxygen atoms in total. The van der Waals surface area contributed by atoms with Crippen LogP contribution in [0.25, 0.3) is 0 Å². The van der Waals surface area contributed by atoms with Crippen LogP contribution >= 0.6 is 6.89 Å². The molecule has 10 heteroatoms. The molecule has 0 aromatic heterocycles. The van der Waals surface area contributed by atoms with Gasteiger partial charge >= 0.3 is 23.9 Å². The monoisotopic (exact) mass is 814 g/mol. The van der Waals surface area contributed by atoms with Crippen molar-refractivity contribution in [3.8, 4) is 0 Å². The highest BCUT2D eigenvalue weighted by atomic mass is 31.2. The summed E-state index contributed by atoms with van der Waals surface area (Å²) in [7, 11) is 2.77. The Morgan fingerprint density at radius 1 is 0.603 bits per heavy atom. The topological polar surface area (TPSA) is 122 Å². The van der Waals surface area contributed by atoms with Crippen molar-refractivity contribution in [1.29, 1.82) is 0 Å². The summed E-state index contributed by atoms with van der Waals surface area (Å²) in [6.45, 7) is 8.84. The highest BCUT2D eigenvalue weighted by Crippen LogP contribution is 2.43. The van der Waals surface area contributed by atoms with Crippen LogP contribution in [0.1, 0.15) is 92.9 Å². The van der Waals surface area contributed by atoms with Gasteiger partial charge in [-0.05, 0) is 94.9 Å². The fourth-order valence-corrected chi connectivity index (χ4v) is 10.0. The molecule has 0 aliphatic heterocycles. The molecular formula is C48H63O9P. The first kappa shape index (κ1) is 47.6. The van der Waals surface area contributed by atoms with Gasteiger partial charge in [0.25, 0.3) is 0 Å². The lowest BCUT2D eigenvalue weighted by Crippen LogP contribution is -2.28. The van der Waals surface area contributed by atoms with Crippen LogP contribution < -0.4 is 15.9 Å². The highest BCUT2D eigenvalue weighted by Gasteiger charge is 2.29. The summed E-state index contributed by atoms with van der Waals surface area (Å²) in [5, 5.41) is 3.40. The number of esters is 4. The summed E-state index contributed by atoms with van der Waals surface area (Å²) < 4.78 is 20.1. The molecule has 0 saturated heterocycles. The Hall–Kier alpha value is -4.75. The zero-order valence-corrected chi connectivity index (χ0v) is 36.5. The van der Waals surface area contributed by atoms with E-state index in [1.807, 2.05) is 96.1 Å². The van der Waals surface area contributed by atoms with E-state index >= 15 is 0 Å². The SMILES string of the molecule is CC(C)(C)OC(=O)C[C@H](C=O)CC1CC1.COC(=O)/C=C/[C@@H](CC(=O)OC(C)(C)C)CC1CC1.COC(=O)C=P(c1ccccc1)(c1ccccc1)c1ccccc1. The minimum absolute atomic E-state index is 0.0569. The maximum atomic E-state index is 12.3. The van der Waals surface area contributed by atoms with Crippen LogP contribution in [-0.2, 0) is 42.9 Å². The fourth-order valence-electron chi connectivity index (χ4n) is 6.33. The van der Waals surface area contributed by atoms with Crippen molar-refractivity contribution in [3.63, 3.8) is 0 Å². The number of aldehydes is 1. The summed E-state index contributed by atoms with van der Waals surface area (Å²) in [5.41, 5.74) is -0.919. The molecule has 5 rings (SSSR count). The molecule has 2 aliphatic carbocycles. The number of carbonyl (C=O) groups is 5. The third-order valence-electron chi connectivity index (χ3n) is 9.25. The van der Waals surface area contributed by atoms with Crippen molar-refractivity contribution < 1.29 is 42.9 Å². The first-order valence-electron chi connectivity index (χ1n) is 20.1. The number of ether oxygens (including phenoxy) is 4. The minimum Gasteiger partial charge on any atom is -0.466 e. The molecule has 3 aromatic rings. The molecular weight excluding hydrogens is 751 g/mol. The summed E-state index contributed by atoms with van der Waals surface area (Å²) in [6, 6.07) is 30.6. The van der Waals surface area contributed by atoms with Gasteiger partial charge in [0.2, 0.25) is 0 Å². The van der Waals surface area contributed by atoms with Crippen molar-refractivity contribution >= 4 is 58.8 Å². The Kier molecular flexibility index (Phi) is 18.9. The maximum absolute atomic E-state index is 12.3. The van der Waals surface area contributed by atoms with Crippen molar-refractivity contribution in [1.82, 2.24) is 0 Å². The molecule has 2 aliphatic rings. The normalized spacial score (nSPS) is 14.9. The Morgan fingerprint density at radius 2 is 0.966 bits per heavy atom. The number of carbonyl (C=O) groups excluding carboxylic acids is 5. The van der Waals surface area contributed by atoms with Gasteiger partial charge in [0.15, 0.2) is 0 Å². The Balaban J connectivity index is 0.000000240. The molecule has 58 heavy (non-hydrogen) atoms. The lowest BCUT2D eigenvalue weighted by Gasteiger charge is -2.28. The molecule has 0 spiro atoms. The summed E-state index contributed by atoms with van der Waals surface area (Å²) in [4.78, 5) is 57.4. The van der Waals surface area contributed by atoms with Crippen molar-refractivity contribution in [2.75, 3.05) is 14.2 Å². The van der Waals surface area contributed by atoms with Crippen LogP contribution in [-0.4, -0.2) is 61.4 Å². The zero-order valence-electron chi connectivity index (χ0n) is 35.6. The number of hydrogen-bond acceptors (Lipinski definition) is 9.